The summed E-state index contributed by atoms with van der Waals surface area (Å²) >= 11 is 0. The molecule has 0 fully saturated rings. The fourth-order valence-corrected chi connectivity index (χ4v) is 1.52. The van der Waals surface area contributed by atoms with Crippen molar-refractivity contribution in [1.82, 2.24) is 5.16 Å². The van der Waals surface area contributed by atoms with Gasteiger partial charge in [-0.25, -0.2) is 0 Å². The summed E-state index contributed by atoms with van der Waals surface area (Å²) in [6, 6.07) is 6.33. The average Bonchev–Trinajstić information content (AvgIpc) is 2.59. The lowest BCUT2D eigenvalue weighted by atomic mass is 10.1. The molecule has 13 heavy (non-hydrogen) atoms. The number of aryl methyl sites for hydroxylation is 2. The minimum absolute atomic E-state index is 0.905. The van der Waals surface area contributed by atoms with Gasteiger partial charge in [0, 0.05) is 11.8 Å². The van der Waals surface area contributed by atoms with Crippen molar-refractivity contribution in [3.63, 3.8) is 0 Å². The lowest BCUT2D eigenvalue weighted by molar-refractivity contribution is 0.395. The highest BCUT2D eigenvalue weighted by Gasteiger charge is 2.05. The van der Waals surface area contributed by atoms with Crippen LogP contribution in [0, 0.1) is 0 Å². The van der Waals surface area contributed by atoms with Gasteiger partial charge < -0.3 is 4.52 Å². The van der Waals surface area contributed by atoms with Gasteiger partial charge in [0.15, 0.2) is 0 Å². The summed E-state index contributed by atoms with van der Waals surface area (Å²) in [4.78, 5) is 0. The molecule has 0 aliphatic carbocycles. The topological polar surface area (TPSA) is 26.0 Å². The van der Waals surface area contributed by atoms with Gasteiger partial charge in [-0.3, -0.25) is 0 Å². The van der Waals surface area contributed by atoms with Crippen LogP contribution in [0.3, 0.4) is 0 Å². The highest BCUT2D eigenvalue weighted by atomic mass is 16.5. The summed E-state index contributed by atoms with van der Waals surface area (Å²) in [7, 11) is 0. The van der Waals surface area contributed by atoms with Crippen molar-refractivity contribution in [2.75, 3.05) is 0 Å². The molecule has 1 aromatic carbocycles. The summed E-state index contributed by atoms with van der Waals surface area (Å²) in [6.45, 7) is 4.22. The summed E-state index contributed by atoms with van der Waals surface area (Å²) in [5.41, 5.74) is 2.29. The first kappa shape index (κ1) is 8.30. The van der Waals surface area contributed by atoms with Crippen molar-refractivity contribution >= 4 is 10.9 Å². The van der Waals surface area contributed by atoms with Crippen molar-refractivity contribution in [1.29, 1.82) is 0 Å². The highest BCUT2D eigenvalue weighted by molar-refractivity contribution is 5.81. The molecule has 0 aliphatic rings. The molecule has 0 N–H and O–H groups in total. The lowest BCUT2D eigenvalue weighted by Gasteiger charge is -1.94. The van der Waals surface area contributed by atoms with E-state index in [1.165, 1.54) is 5.56 Å². The molecule has 0 amide bonds. The maximum absolute atomic E-state index is 5.21. The van der Waals surface area contributed by atoms with Crippen LogP contribution in [-0.2, 0) is 12.8 Å². The van der Waals surface area contributed by atoms with Crippen LogP contribution in [0.15, 0.2) is 22.7 Å². The van der Waals surface area contributed by atoms with Crippen molar-refractivity contribution in [3.05, 3.63) is 29.5 Å². The van der Waals surface area contributed by atoms with Gasteiger partial charge >= 0.3 is 0 Å². The third-order valence-electron chi connectivity index (χ3n) is 2.35. The van der Waals surface area contributed by atoms with E-state index in [1.54, 1.807) is 0 Å². The molecule has 0 radical (unpaired) electrons. The van der Waals surface area contributed by atoms with Crippen LogP contribution < -0.4 is 0 Å². The van der Waals surface area contributed by atoms with Gasteiger partial charge in [0.1, 0.15) is 11.3 Å². The zero-order valence-corrected chi connectivity index (χ0v) is 8.00. The number of aromatic nitrogens is 1. The molecule has 0 saturated carbocycles. The van der Waals surface area contributed by atoms with E-state index < -0.39 is 0 Å². The summed E-state index contributed by atoms with van der Waals surface area (Å²) in [6.07, 6.45) is 1.95. The molecule has 0 aliphatic heterocycles. The highest BCUT2D eigenvalue weighted by Crippen LogP contribution is 2.20. The van der Waals surface area contributed by atoms with Gasteiger partial charge in [-0.05, 0) is 24.1 Å². The Kier molecular flexibility index (Phi) is 2.05. The summed E-state index contributed by atoms with van der Waals surface area (Å²) < 4.78 is 5.21. The maximum Gasteiger partial charge on any atom is 0.144 e. The number of benzene rings is 1. The number of nitrogens with zero attached hydrogens (tertiary/aromatic N) is 1. The zero-order valence-electron chi connectivity index (χ0n) is 8.00. The van der Waals surface area contributed by atoms with Crippen LogP contribution in [0.4, 0.5) is 0 Å². The molecule has 2 nitrogen and oxygen atoms in total. The van der Waals surface area contributed by atoms with E-state index in [-0.39, 0.29) is 0 Å². The standard InChI is InChI=1S/C11H13NO/c1-3-8-5-6-9-10(7-8)12-13-11(9)4-2/h5-7H,3-4H2,1-2H3. The molecule has 1 aromatic heterocycles. The van der Waals surface area contributed by atoms with Crippen LogP contribution in [-0.4, -0.2) is 5.16 Å². The number of rotatable bonds is 2. The fraction of sp³-hybridized carbons (Fsp3) is 0.364. The normalized spacial score (nSPS) is 10.9. The summed E-state index contributed by atoms with van der Waals surface area (Å²) in [5.74, 6) is 0.984. The fourth-order valence-electron chi connectivity index (χ4n) is 1.52. The minimum Gasteiger partial charge on any atom is -0.360 e. The first-order valence-electron chi connectivity index (χ1n) is 4.72. The first-order chi connectivity index (χ1) is 6.35. The molecule has 68 valence electrons. The van der Waals surface area contributed by atoms with Crippen molar-refractivity contribution in [2.24, 2.45) is 0 Å². The monoisotopic (exact) mass is 175 g/mol. The number of fused-ring (bicyclic) bond motifs is 1. The number of hydrogen-bond donors (Lipinski definition) is 0. The molecule has 0 spiro atoms. The Bertz CT molecular complexity index is 417. The summed E-state index contributed by atoms with van der Waals surface area (Å²) in [5, 5.41) is 5.18. The van der Waals surface area contributed by atoms with Crippen LogP contribution in [0.25, 0.3) is 10.9 Å². The van der Waals surface area contributed by atoms with Gasteiger partial charge in [0.25, 0.3) is 0 Å². The average molecular weight is 175 g/mol. The second kappa shape index (κ2) is 3.21. The second-order valence-corrected chi connectivity index (χ2v) is 3.16. The van der Waals surface area contributed by atoms with E-state index in [4.69, 9.17) is 4.52 Å². The van der Waals surface area contributed by atoms with Gasteiger partial charge in [0.2, 0.25) is 0 Å². The molecular weight excluding hydrogens is 162 g/mol. The Morgan fingerprint density at radius 1 is 1.23 bits per heavy atom. The van der Waals surface area contributed by atoms with E-state index in [0.717, 1.165) is 29.5 Å². The van der Waals surface area contributed by atoms with E-state index in [0.29, 0.717) is 0 Å². The van der Waals surface area contributed by atoms with Gasteiger partial charge in [-0.15, -0.1) is 0 Å². The third-order valence-corrected chi connectivity index (χ3v) is 2.35. The van der Waals surface area contributed by atoms with Crippen LogP contribution in [0.1, 0.15) is 25.2 Å². The molecule has 1 heterocycles. The van der Waals surface area contributed by atoms with Gasteiger partial charge in [-0.1, -0.05) is 25.1 Å². The molecule has 2 heteroatoms. The Hall–Kier alpha value is -1.31. The molecule has 0 unspecified atom stereocenters. The molecule has 0 atom stereocenters. The quantitative estimate of drug-likeness (QED) is 0.701. The molecule has 2 rings (SSSR count). The smallest absolute Gasteiger partial charge is 0.144 e. The Balaban J connectivity index is 2.61. The number of hydrogen-bond acceptors (Lipinski definition) is 2. The lowest BCUT2D eigenvalue weighted by Crippen LogP contribution is -1.80. The first-order valence-corrected chi connectivity index (χ1v) is 4.72. The second-order valence-electron chi connectivity index (χ2n) is 3.16. The Morgan fingerprint density at radius 3 is 2.77 bits per heavy atom. The molecular formula is C11H13NO. The van der Waals surface area contributed by atoms with Crippen molar-refractivity contribution in [2.45, 2.75) is 26.7 Å². The van der Waals surface area contributed by atoms with E-state index in [9.17, 15) is 0 Å². The zero-order chi connectivity index (χ0) is 9.26. The largest absolute Gasteiger partial charge is 0.360 e. The van der Waals surface area contributed by atoms with Crippen molar-refractivity contribution < 1.29 is 4.52 Å². The third kappa shape index (κ3) is 1.32. The van der Waals surface area contributed by atoms with Gasteiger partial charge in [-0.2, -0.15) is 0 Å². The van der Waals surface area contributed by atoms with Crippen LogP contribution in [0.5, 0.6) is 0 Å². The van der Waals surface area contributed by atoms with Crippen LogP contribution >= 0.6 is 0 Å². The maximum atomic E-state index is 5.21. The molecule has 0 bridgehead atoms. The predicted molar refractivity (Wildman–Crippen MR) is 52.8 cm³/mol. The molecule has 0 saturated heterocycles. The Morgan fingerprint density at radius 2 is 2.08 bits per heavy atom. The van der Waals surface area contributed by atoms with E-state index in [2.05, 4.69) is 37.2 Å². The van der Waals surface area contributed by atoms with E-state index in [1.807, 2.05) is 0 Å². The van der Waals surface area contributed by atoms with Crippen LogP contribution in [0.2, 0.25) is 0 Å². The molecule has 2 aromatic rings. The predicted octanol–water partition coefficient (Wildman–Crippen LogP) is 2.95. The Labute approximate surface area is 77.5 Å². The van der Waals surface area contributed by atoms with Gasteiger partial charge in [0.05, 0.1) is 0 Å². The SMILES string of the molecule is CCc1ccc2c(CC)onc2c1. The van der Waals surface area contributed by atoms with E-state index >= 15 is 0 Å². The van der Waals surface area contributed by atoms with Crippen molar-refractivity contribution in [3.8, 4) is 0 Å². The minimum atomic E-state index is 0.905.